The van der Waals surface area contributed by atoms with Crippen molar-refractivity contribution in [3.63, 3.8) is 0 Å². The van der Waals surface area contributed by atoms with E-state index in [4.69, 9.17) is 0 Å². The van der Waals surface area contributed by atoms with Crippen LogP contribution in [-0.2, 0) is 12.8 Å². The number of ketones is 1. The molecule has 96 valence electrons. The second kappa shape index (κ2) is 5.29. The van der Waals surface area contributed by atoms with Crippen LogP contribution >= 0.6 is 0 Å². The maximum Gasteiger partial charge on any atom is 0.276 e. The van der Waals surface area contributed by atoms with Crippen LogP contribution in [0.1, 0.15) is 54.1 Å². The zero-order valence-corrected chi connectivity index (χ0v) is 10.6. The lowest BCUT2D eigenvalue weighted by molar-refractivity contribution is -0.386. The Balaban J connectivity index is 2.50. The molecule has 0 heterocycles. The molecule has 0 atom stereocenters. The second-order valence-electron chi connectivity index (χ2n) is 4.74. The monoisotopic (exact) mass is 247 g/mol. The number of aryl methyl sites for hydroxylation is 1. The molecule has 0 unspecified atom stereocenters. The molecule has 1 aliphatic rings. The Morgan fingerprint density at radius 1 is 1.33 bits per heavy atom. The van der Waals surface area contributed by atoms with Crippen LogP contribution in [0, 0.1) is 10.1 Å². The van der Waals surface area contributed by atoms with Crippen molar-refractivity contribution < 1.29 is 9.72 Å². The highest BCUT2D eigenvalue weighted by Crippen LogP contribution is 2.33. The number of nitro groups is 1. The summed E-state index contributed by atoms with van der Waals surface area (Å²) in [5, 5.41) is 11.3. The molecule has 2 rings (SSSR count). The van der Waals surface area contributed by atoms with Crippen LogP contribution in [-0.4, -0.2) is 10.7 Å². The highest BCUT2D eigenvalue weighted by molar-refractivity contribution is 5.99. The quantitative estimate of drug-likeness (QED) is 0.604. The molecule has 0 spiro atoms. The van der Waals surface area contributed by atoms with Crippen LogP contribution in [0.2, 0.25) is 0 Å². The third-order valence-electron chi connectivity index (χ3n) is 3.48. The number of Topliss-reactive ketones (excluding diaryl/α,β-unsaturated/α-hetero) is 1. The van der Waals surface area contributed by atoms with Crippen LogP contribution < -0.4 is 0 Å². The van der Waals surface area contributed by atoms with E-state index in [1.54, 1.807) is 12.1 Å². The van der Waals surface area contributed by atoms with Crippen molar-refractivity contribution in [2.24, 2.45) is 0 Å². The van der Waals surface area contributed by atoms with Gasteiger partial charge in [0.1, 0.15) is 0 Å². The van der Waals surface area contributed by atoms with Crippen molar-refractivity contribution in [3.8, 4) is 0 Å². The predicted octanol–water partition coefficient (Wildman–Crippen LogP) is 3.46. The van der Waals surface area contributed by atoms with E-state index in [0.717, 1.165) is 24.8 Å². The number of nitro benzene ring substituents is 1. The van der Waals surface area contributed by atoms with Crippen molar-refractivity contribution >= 4 is 11.5 Å². The van der Waals surface area contributed by atoms with Gasteiger partial charge in [-0.15, -0.1) is 0 Å². The number of carbonyl (C=O) groups excluding carboxylic acids is 1. The van der Waals surface area contributed by atoms with Gasteiger partial charge in [-0.3, -0.25) is 14.9 Å². The van der Waals surface area contributed by atoms with Crippen LogP contribution in [0.5, 0.6) is 0 Å². The van der Waals surface area contributed by atoms with Crippen LogP contribution in [0.15, 0.2) is 12.1 Å². The first-order valence-electron chi connectivity index (χ1n) is 6.47. The van der Waals surface area contributed by atoms with Crippen molar-refractivity contribution in [2.75, 3.05) is 0 Å². The zero-order valence-electron chi connectivity index (χ0n) is 10.6. The smallest absolute Gasteiger partial charge is 0.276 e. The Labute approximate surface area is 106 Å². The summed E-state index contributed by atoms with van der Waals surface area (Å²) >= 11 is 0. The lowest BCUT2D eigenvalue weighted by Crippen LogP contribution is -2.14. The van der Waals surface area contributed by atoms with Gasteiger partial charge < -0.3 is 0 Å². The number of rotatable bonds is 4. The maximum absolute atomic E-state index is 11.8. The molecule has 0 aromatic heterocycles. The number of unbranched alkanes of at least 4 members (excludes halogenated alkanes) is 1. The number of benzene rings is 1. The van der Waals surface area contributed by atoms with Crippen LogP contribution in [0.3, 0.4) is 0 Å². The van der Waals surface area contributed by atoms with Crippen LogP contribution in [0.25, 0.3) is 0 Å². The fourth-order valence-corrected chi connectivity index (χ4v) is 2.56. The first-order chi connectivity index (χ1) is 8.65. The van der Waals surface area contributed by atoms with Crippen molar-refractivity contribution in [3.05, 3.63) is 38.9 Å². The summed E-state index contributed by atoms with van der Waals surface area (Å²) < 4.78 is 0. The highest BCUT2D eigenvalue weighted by atomic mass is 16.6. The van der Waals surface area contributed by atoms with Crippen molar-refractivity contribution in [1.29, 1.82) is 0 Å². The molecule has 1 aliphatic carbocycles. The number of nitrogens with zero attached hydrogens (tertiary/aromatic N) is 1. The summed E-state index contributed by atoms with van der Waals surface area (Å²) in [7, 11) is 0. The van der Waals surface area contributed by atoms with E-state index in [1.807, 2.05) is 0 Å². The third kappa shape index (κ3) is 2.28. The lowest BCUT2D eigenvalue weighted by Gasteiger charge is -2.16. The Kier molecular flexibility index (Phi) is 3.75. The molecule has 0 saturated carbocycles. The van der Waals surface area contributed by atoms with Gasteiger partial charge in [-0.2, -0.15) is 0 Å². The summed E-state index contributed by atoms with van der Waals surface area (Å²) in [4.78, 5) is 22.7. The summed E-state index contributed by atoms with van der Waals surface area (Å²) in [6.07, 6.45) is 4.55. The Hall–Kier alpha value is -1.71. The molecule has 0 N–H and O–H groups in total. The fraction of sp³-hybridized carbons (Fsp3) is 0.500. The van der Waals surface area contributed by atoms with E-state index >= 15 is 0 Å². The van der Waals surface area contributed by atoms with Crippen LogP contribution in [0.4, 0.5) is 5.69 Å². The van der Waals surface area contributed by atoms with Gasteiger partial charge in [0.25, 0.3) is 5.69 Å². The van der Waals surface area contributed by atoms with E-state index in [0.29, 0.717) is 30.4 Å². The summed E-state index contributed by atoms with van der Waals surface area (Å²) in [6.45, 7) is 2.06. The Morgan fingerprint density at radius 2 is 2.11 bits per heavy atom. The number of fused-ring (bicyclic) bond motifs is 1. The Morgan fingerprint density at radius 3 is 2.78 bits per heavy atom. The van der Waals surface area contributed by atoms with Gasteiger partial charge in [-0.1, -0.05) is 25.5 Å². The summed E-state index contributed by atoms with van der Waals surface area (Å²) in [6, 6.07) is 3.53. The number of carbonyl (C=O) groups is 1. The maximum atomic E-state index is 11.8. The first kappa shape index (κ1) is 12.7. The van der Waals surface area contributed by atoms with E-state index in [9.17, 15) is 14.9 Å². The molecule has 0 fully saturated rings. The SMILES string of the molecule is CCCCc1ccc2c(c1[N+](=O)[O-])CCCC2=O. The third-order valence-corrected chi connectivity index (χ3v) is 3.48. The largest absolute Gasteiger partial charge is 0.294 e. The number of hydrogen-bond donors (Lipinski definition) is 0. The van der Waals surface area contributed by atoms with E-state index in [1.165, 1.54) is 0 Å². The second-order valence-corrected chi connectivity index (χ2v) is 4.74. The highest BCUT2D eigenvalue weighted by Gasteiger charge is 2.27. The average molecular weight is 247 g/mol. The molecule has 0 saturated heterocycles. The molecule has 0 radical (unpaired) electrons. The normalized spacial score (nSPS) is 14.4. The van der Waals surface area contributed by atoms with Gasteiger partial charge in [-0.25, -0.2) is 0 Å². The summed E-state index contributed by atoms with van der Waals surface area (Å²) in [5.41, 5.74) is 2.18. The molecule has 1 aromatic carbocycles. The van der Waals surface area contributed by atoms with Gasteiger partial charge in [0.05, 0.1) is 4.92 Å². The van der Waals surface area contributed by atoms with Gasteiger partial charge in [0, 0.05) is 23.1 Å². The van der Waals surface area contributed by atoms with E-state index in [2.05, 4.69) is 6.92 Å². The summed E-state index contributed by atoms with van der Waals surface area (Å²) in [5.74, 6) is 0.0430. The average Bonchev–Trinajstić information content (AvgIpc) is 2.35. The minimum absolute atomic E-state index is 0.0430. The molecule has 1 aromatic rings. The topological polar surface area (TPSA) is 60.2 Å². The first-order valence-corrected chi connectivity index (χ1v) is 6.47. The molecular formula is C14H17NO3. The molecule has 4 heteroatoms. The van der Waals surface area contributed by atoms with Gasteiger partial charge in [0.2, 0.25) is 0 Å². The molecule has 0 amide bonds. The van der Waals surface area contributed by atoms with Crippen molar-refractivity contribution in [1.82, 2.24) is 0 Å². The molecule has 0 aliphatic heterocycles. The fourth-order valence-electron chi connectivity index (χ4n) is 2.56. The van der Waals surface area contributed by atoms with Gasteiger partial charge in [-0.05, 0) is 25.7 Å². The predicted molar refractivity (Wildman–Crippen MR) is 69.0 cm³/mol. The molecule has 4 nitrogen and oxygen atoms in total. The Bertz CT molecular complexity index is 494. The van der Waals surface area contributed by atoms with E-state index in [-0.39, 0.29) is 16.4 Å². The molecule has 18 heavy (non-hydrogen) atoms. The van der Waals surface area contributed by atoms with Gasteiger partial charge >= 0.3 is 0 Å². The zero-order chi connectivity index (χ0) is 13.1. The molecular weight excluding hydrogens is 230 g/mol. The van der Waals surface area contributed by atoms with E-state index < -0.39 is 0 Å². The van der Waals surface area contributed by atoms with Gasteiger partial charge in [0.15, 0.2) is 5.78 Å². The van der Waals surface area contributed by atoms with Crippen molar-refractivity contribution in [2.45, 2.75) is 45.4 Å². The minimum Gasteiger partial charge on any atom is -0.294 e. The standard InChI is InChI=1S/C14H17NO3/c1-2-3-5-10-8-9-11-12(14(10)15(17)18)6-4-7-13(11)16/h8-9H,2-7H2,1H3. The number of hydrogen-bond acceptors (Lipinski definition) is 3. The molecule has 0 bridgehead atoms. The lowest BCUT2D eigenvalue weighted by atomic mass is 9.87. The minimum atomic E-state index is -0.317.